The zero-order valence-corrected chi connectivity index (χ0v) is 9.04. The van der Waals surface area contributed by atoms with Gasteiger partial charge in [0, 0.05) is 7.11 Å². The smallest absolute Gasteiger partial charge is 0.0698 e. The first kappa shape index (κ1) is 15.3. The molecule has 0 amide bonds. The highest BCUT2D eigenvalue weighted by molar-refractivity contribution is 4.55. The third kappa shape index (κ3) is 24.5. The maximum absolute atomic E-state index is 8.09. The highest BCUT2D eigenvalue weighted by atomic mass is 16.5. The van der Waals surface area contributed by atoms with Crippen molar-refractivity contribution in [3.63, 3.8) is 0 Å². The average molecular weight is 194 g/mol. The van der Waals surface area contributed by atoms with Crippen LogP contribution in [0.5, 0.6) is 0 Å². The molecular weight excluding hydrogens is 172 g/mol. The van der Waals surface area contributed by atoms with Crippen LogP contribution >= 0.6 is 0 Å². The van der Waals surface area contributed by atoms with E-state index in [1.165, 1.54) is 0 Å². The zero-order valence-electron chi connectivity index (χ0n) is 9.04. The normalized spacial score (nSPS) is 10.6. The van der Waals surface area contributed by atoms with E-state index in [1.807, 2.05) is 20.8 Å². The summed E-state index contributed by atoms with van der Waals surface area (Å²) in [6.07, 6.45) is 0. The van der Waals surface area contributed by atoms with Gasteiger partial charge in [0.15, 0.2) is 0 Å². The SMILES string of the molecule is COC(C)(C)C.OCCOCCO. The highest BCUT2D eigenvalue weighted by Gasteiger charge is 2.03. The van der Waals surface area contributed by atoms with Crippen molar-refractivity contribution in [2.45, 2.75) is 26.4 Å². The highest BCUT2D eigenvalue weighted by Crippen LogP contribution is 2.02. The third-order valence-electron chi connectivity index (χ3n) is 1.08. The Labute approximate surface area is 80.5 Å². The summed E-state index contributed by atoms with van der Waals surface area (Å²) < 4.78 is 9.57. The molecule has 0 unspecified atom stereocenters. The molecule has 0 aromatic heterocycles. The summed E-state index contributed by atoms with van der Waals surface area (Å²) in [5, 5.41) is 16.2. The molecule has 0 aliphatic carbocycles. The second-order valence-corrected chi connectivity index (χ2v) is 3.38. The molecule has 0 saturated carbocycles. The average Bonchev–Trinajstić information content (AvgIpc) is 2.06. The van der Waals surface area contributed by atoms with Gasteiger partial charge in [0.2, 0.25) is 0 Å². The molecule has 0 aliphatic heterocycles. The summed E-state index contributed by atoms with van der Waals surface area (Å²) in [5.74, 6) is 0. The van der Waals surface area contributed by atoms with Crippen molar-refractivity contribution in [2.75, 3.05) is 33.5 Å². The Balaban J connectivity index is 0. The van der Waals surface area contributed by atoms with Gasteiger partial charge in [0.1, 0.15) is 0 Å². The lowest BCUT2D eigenvalue weighted by Crippen LogP contribution is -2.15. The maximum atomic E-state index is 8.09. The van der Waals surface area contributed by atoms with Crippen molar-refractivity contribution in [2.24, 2.45) is 0 Å². The van der Waals surface area contributed by atoms with Crippen LogP contribution in [0, 0.1) is 0 Å². The Bertz CT molecular complexity index is 84.1. The Hall–Kier alpha value is -0.160. The van der Waals surface area contributed by atoms with E-state index in [0.29, 0.717) is 13.2 Å². The Morgan fingerprint density at radius 2 is 1.31 bits per heavy atom. The summed E-state index contributed by atoms with van der Waals surface area (Å²) in [5.41, 5.74) is 0.0417. The van der Waals surface area contributed by atoms with Gasteiger partial charge in [-0.25, -0.2) is 0 Å². The van der Waals surface area contributed by atoms with E-state index in [1.54, 1.807) is 7.11 Å². The molecule has 0 heterocycles. The molecule has 0 saturated heterocycles. The van der Waals surface area contributed by atoms with Crippen LogP contribution in [0.25, 0.3) is 0 Å². The molecule has 0 aliphatic rings. The fourth-order valence-corrected chi connectivity index (χ4v) is 0.231. The summed E-state index contributed by atoms with van der Waals surface area (Å²) in [4.78, 5) is 0. The molecule has 4 nitrogen and oxygen atoms in total. The van der Waals surface area contributed by atoms with Crippen LogP contribution in [-0.4, -0.2) is 49.4 Å². The van der Waals surface area contributed by atoms with Crippen molar-refractivity contribution in [1.82, 2.24) is 0 Å². The van der Waals surface area contributed by atoms with E-state index in [9.17, 15) is 0 Å². The number of aliphatic hydroxyl groups excluding tert-OH is 2. The predicted octanol–water partition coefficient (Wildman–Crippen LogP) is 0.419. The minimum atomic E-state index is 0.0278. The van der Waals surface area contributed by atoms with Gasteiger partial charge in [0.05, 0.1) is 32.0 Å². The van der Waals surface area contributed by atoms with Gasteiger partial charge in [-0.05, 0) is 20.8 Å². The number of rotatable bonds is 4. The van der Waals surface area contributed by atoms with Crippen LogP contribution in [0.1, 0.15) is 20.8 Å². The second-order valence-electron chi connectivity index (χ2n) is 3.38. The van der Waals surface area contributed by atoms with E-state index >= 15 is 0 Å². The van der Waals surface area contributed by atoms with Crippen molar-refractivity contribution in [3.8, 4) is 0 Å². The van der Waals surface area contributed by atoms with Crippen molar-refractivity contribution < 1.29 is 19.7 Å². The Kier molecular flexibility index (Phi) is 11.7. The van der Waals surface area contributed by atoms with Gasteiger partial charge in [-0.3, -0.25) is 0 Å². The summed E-state index contributed by atoms with van der Waals surface area (Å²) in [6, 6.07) is 0. The molecule has 0 aromatic rings. The second kappa shape index (κ2) is 9.92. The van der Waals surface area contributed by atoms with Gasteiger partial charge in [-0.15, -0.1) is 0 Å². The monoisotopic (exact) mass is 194 g/mol. The zero-order chi connectivity index (χ0) is 10.7. The van der Waals surface area contributed by atoms with E-state index in [2.05, 4.69) is 4.74 Å². The molecule has 82 valence electrons. The number of aliphatic hydroxyl groups is 2. The molecule has 0 bridgehead atoms. The van der Waals surface area contributed by atoms with E-state index in [-0.39, 0.29) is 18.8 Å². The molecule has 4 heteroatoms. The lowest BCUT2D eigenvalue weighted by Gasteiger charge is -2.14. The molecule has 2 N–H and O–H groups in total. The number of ether oxygens (including phenoxy) is 2. The summed E-state index contributed by atoms with van der Waals surface area (Å²) >= 11 is 0. The summed E-state index contributed by atoms with van der Waals surface area (Å²) in [7, 11) is 1.71. The maximum Gasteiger partial charge on any atom is 0.0698 e. The van der Waals surface area contributed by atoms with Crippen LogP contribution < -0.4 is 0 Å². The molecule has 0 atom stereocenters. The number of methoxy groups -OCH3 is 1. The van der Waals surface area contributed by atoms with E-state index in [0.717, 1.165) is 0 Å². The van der Waals surface area contributed by atoms with Crippen LogP contribution in [0.15, 0.2) is 0 Å². The van der Waals surface area contributed by atoms with Crippen molar-refractivity contribution in [3.05, 3.63) is 0 Å². The summed E-state index contributed by atoms with van der Waals surface area (Å²) in [6.45, 7) is 6.76. The van der Waals surface area contributed by atoms with Crippen LogP contribution in [0.3, 0.4) is 0 Å². The fourth-order valence-electron chi connectivity index (χ4n) is 0.231. The van der Waals surface area contributed by atoms with Gasteiger partial charge >= 0.3 is 0 Å². The standard InChI is InChI=1S/C5H12O.C4H10O3/c1-5(2,3)6-4;5-1-3-7-4-2-6/h1-4H3;5-6H,1-4H2. The lowest BCUT2D eigenvalue weighted by molar-refractivity contribution is 0.0397. The van der Waals surface area contributed by atoms with Crippen LogP contribution in [0.2, 0.25) is 0 Å². The number of hydrogen-bond donors (Lipinski definition) is 2. The first-order valence-corrected chi connectivity index (χ1v) is 4.32. The number of hydrogen-bond acceptors (Lipinski definition) is 4. The molecule has 0 rings (SSSR count). The predicted molar refractivity (Wildman–Crippen MR) is 51.8 cm³/mol. The lowest BCUT2D eigenvalue weighted by atomic mass is 10.2. The molecule has 0 fully saturated rings. The van der Waals surface area contributed by atoms with Gasteiger partial charge in [-0.2, -0.15) is 0 Å². The Morgan fingerprint density at radius 3 is 1.46 bits per heavy atom. The fraction of sp³-hybridized carbons (Fsp3) is 1.00. The largest absolute Gasteiger partial charge is 0.394 e. The molecule has 0 radical (unpaired) electrons. The third-order valence-corrected chi connectivity index (χ3v) is 1.08. The van der Waals surface area contributed by atoms with Crippen LogP contribution in [-0.2, 0) is 9.47 Å². The first-order chi connectivity index (χ1) is 5.97. The minimum absolute atomic E-state index is 0.0278. The quantitative estimate of drug-likeness (QED) is 0.637. The van der Waals surface area contributed by atoms with Crippen LogP contribution in [0.4, 0.5) is 0 Å². The molecule has 0 aromatic carbocycles. The Morgan fingerprint density at radius 1 is 1.00 bits per heavy atom. The van der Waals surface area contributed by atoms with Gasteiger partial charge in [-0.1, -0.05) is 0 Å². The van der Waals surface area contributed by atoms with Crippen molar-refractivity contribution in [1.29, 1.82) is 0 Å². The van der Waals surface area contributed by atoms with Gasteiger partial charge in [0.25, 0.3) is 0 Å². The van der Waals surface area contributed by atoms with Crippen molar-refractivity contribution >= 4 is 0 Å². The minimum Gasteiger partial charge on any atom is -0.394 e. The van der Waals surface area contributed by atoms with Gasteiger partial charge < -0.3 is 19.7 Å². The topological polar surface area (TPSA) is 58.9 Å². The molecule has 13 heavy (non-hydrogen) atoms. The van der Waals surface area contributed by atoms with E-state index in [4.69, 9.17) is 14.9 Å². The first-order valence-electron chi connectivity index (χ1n) is 4.32. The van der Waals surface area contributed by atoms with E-state index < -0.39 is 0 Å². The molecule has 0 spiro atoms. The molecular formula is C9H22O4.